The number of ether oxygens (including phenoxy) is 1. The smallest absolute Gasteiger partial charge is 0.0898 e. The molecule has 0 aromatic heterocycles. The molecule has 0 spiro atoms. The fourth-order valence-electron chi connectivity index (χ4n) is 2.74. The molecular weight excluding hydrogens is 321 g/mol. The molecule has 0 saturated heterocycles. The second-order valence-electron chi connectivity index (χ2n) is 5.93. The Morgan fingerprint density at radius 3 is 2.73 bits per heavy atom. The van der Waals surface area contributed by atoms with Gasteiger partial charge < -0.3 is 15.2 Å². The van der Waals surface area contributed by atoms with E-state index < -0.39 is 6.10 Å². The molecule has 1 aromatic carbocycles. The zero-order valence-electron chi connectivity index (χ0n) is 13.1. The molecule has 0 amide bonds. The van der Waals surface area contributed by atoms with Crippen LogP contribution in [0.25, 0.3) is 0 Å². The maximum absolute atomic E-state index is 10.0. The minimum atomic E-state index is -0.464. The van der Waals surface area contributed by atoms with Crippen molar-refractivity contribution in [3.63, 3.8) is 0 Å². The summed E-state index contributed by atoms with van der Waals surface area (Å²) in [7, 11) is 0. The van der Waals surface area contributed by atoms with E-state index in [1.165, 1.54) is 19.3 Å². The highest BCUT2D eigenvalue weighted by molar-refractivity contribution is 6.30. The van der Waals surface area contributed by atoms with Crippen LogP contribution < -0.4 is 5.32 Å². The fourth-order valence-corrected chi connectivity index (χ4v) is 2.94. The Labute approximate surface area is 144 Å². The maximum atomic E-state index is 10.0. The lowest BCUT2D eigenvalue weighted by molar-refractivity contribution is -0.0235. The van der Waals surface area contributed by atoms with Crippen molar-refractivity contribution in [2.45, 2.75) is 57.3 Å². The summed E-state index contributed by atoms with van der Waals surface area (Å²) in [6, 6.07) is 7.95. The number of hydrogen-bond donors (Lipinski definition) is 2. The zero-order chi connectivity index (χ0) is 15.1. The summed E-state index contributed by atoms with van der Waals surface area (Å²) in [5, 5.41) is 14.1. The van der Waals surface area contributed by atoms with Crippen LogP contribution in [0.15, 0.2) is 24.3 Å². The summed E-state index contributed by atoms with van der Waals surface area (Å²) >= 11 is 5.99. The van der Waals surface area contributed by atoms with Gasteiger partial charge in [-0.15, -0.1) is 12.4 Å². The highest BCUT2D eigenvalue weighted by Gasteiger charge is 2.16. The molecular formula is C17H27Cl2NO2. The van der Waals surface area contributed by atoms with Gasteiger partial charge in [0.1, 0.15) is 0 Å². The van der Waals surface area contributed by atoms with Gasteiger partial charge in [0.2, 0.25) is 0 Å². The number of nitrogens with one attached hydrogen (secondary N) is 1. The van der Waals surface area contributed by atoms with Crippen LogP contribution in [0.4, 0.5) is 0 Å². The molecule has 5 heteroatoms. The fraction of sp³-hybridized carbons (Fsp3) is 0.647. The average molecular weight is 348 g/mol. The maximum Gasteiger partial charge on any atom is 0.0898 e. The molecule has 2 rings (SSSR count). The molecule has 1 fully saturated rings. The van der Waals surface area contributed by atoms with Crippen LogP contribution in [0, 0.1) is 0 Å². The van der Waals surface area contributed by atoms with Crippen molar-refractivity contribution in [3.05, 3.63) is 34.9 Å². The molecule has 1 aliphatic rings. The van der Waals surface area contributed by atoms with Crippen molar-refractivity contribution >= 4 is 24.0 Å². The molecule has 0 bridgehead atoms. The quantitative estimate of drug-likeness (QED) is 0.779. The van der Waals surface area contributed by atoms with Gasteiger partial charge in [-0.05, 0) is 37.5 Å². The average Bonchev–Trinajstić information content (AvgIpc) is 2.51. The molecule has 0 heterocycles. The van der Waals surface area contributed by atoms with Crippen LogP contribution in [0.3, 0.4) is 0 Å². The first-order chi connectivity index (χ1) is 10.1. The van der Waals surface area contributed by atoms with Crippen molar-refractivity contribution in [2.24, 2.45) is 0 Å². The van der Waals surface area contributed by atoms with Crippen molar-refractivity contribution in [1.82, 2.24) is 5.32 Å². The third kappa shape index (κ3) is 6.84. The molecule has 3 nitrogen and oxygen atoms in total. The van der Waals surface area contributed by atoms with E-state index in [2.05, 4.69) is 12.2 Å². The van der Waals surface area contributed by atoms with E-state index in [0.29, 0.717) is 19.3 Å². The highest BCUT2D eigenvalue weighted by atomic mass is 35.5. The van der Waals surface area contributed by atoms with Crippen LogP contribution >= 0.6 is 24.0 Å². The Kier molecular flexibility index (Phi) is 9.37. The van der Waals surface area contributed by atoms with E-state index in [1.807, 2.05) is 24.3 Å². The van der Waals surface area contributed by atoms with E-state index >= 15 is 0 Å². The Hall–Kier alpha value is -0.320. The Bertz CT molecular complexity index is 425. The molecule has 1 saturated carbocycles. The van der Waals surface area contributed by atoms with Gasteiger partial charge in [-0.3, -0.25) is 0 Å². The minimum Gasteiger partial charge on any atom is -0.389 e. The second kappa shape index (κ2) is 10.5. The van der Waals surface area contributed by atoms with E-state index in [9.17, 15) is 5.11 Å². The second-order valence-corrected chi connectivity index (χ2v) is 6.37. The summed E-state index contributed by atoms with van der Waals surface area (Å²) in [6.07, 6.45) is 5.99. The lowest BCUT2D eigenvalue weighted by Gasteiger charge is -2.24. The van der Waals surface area contributed by atoms with Crippen LogP contribution in [0.5, 0.6) is 0 Å². The summed E-state index contributed by atoms with van der Waals surface area (Å²) in [6.45, 7) is 3.01. The van der Waals surface area contributed by atoms with E-state index in [1.54, 1.807) is 0 Å². The van der Waals surface area contributed by atoms with Gasteiger partial charge in [0.05, 0.1) is 18.8 Å². The van der Waals surface area contributed by atoms with Gasteiger partial charge in [-0.2, -0.15) is 0 Å². The van der Waals surface area contributed by atoms with E-state index in [4.69, 9.17) is 16.3 Å². The zero-order valence-corrected chi connectivity index (χ0v) is 14.7. The minimum absolute atomic E-state index is 0. The standard InChI is InChI=1S/C17H26ClNO2.ClH/c1-13(14-6-5-7-15(18)10-14)19-11-16(20)12-21-17-8-3-2-4-9-17;/h5-7,10,13,16-17,19-20H,2-4,8-9,11-12H2,1H3;1H. The largest absolute Gasteiger partial charge is 0.389 e. The van der Waals surface area contributed by atoms with Gasteiger partial charge >= 0.3 is 0 Å². The van der Waals surface area contributed by atoms with E-state index in [0.717, 1.165) is 23.4 Å². The first kappa shape index (κ1) is 19.7. The highest BCUT2D eigenvalue weighted by Crippen LogP contribution is 2.20. The molecule has 0 radical (unpaired) electrons. The first-order valence-corrected chi connectivity index (χ1v) is 8.31. The lowest BCUT2D eigenvalue weighted by atomic mass is 9.98. The van der Waals surface area contributed by atoms with Crippen LogP contribution in [0.2, 0.25) is 5.02 Å². The van der Waals surface area contributed by atoms with Crippen LogP contribution in [0.1, 0.15) is 50.6 Å². The molecule has 1 aromatic rings. The molecule has 0 aliphatic heterocycles. The van der Waals surface area contributed by atoms with Gasteiger partial charge in [0.15, 0.2) is 0 Å². The van der Waals surface area contributed by atoms with Gasteiger partial charge in [-0.25, -0.2) is 0 Å². The van der Waals surface area contributed by atoms with Crippen molar-refractivity contribution in [2.75, 3.05) is 13.2 Å². The normalized spacial score (nSPS) is 18.5. The van der Waals surface area contributed by atoms with Crippen molar-refractivity contribution < 1.29 is 9.84 Å². The predicted octanol–water partition coefficient (Wildman–Crippen LogP) is 4.12. The lowest BCUT2D eigenvalue weighted by Crippen LogP contribution is -2.33. The van der Waals surface area contributed by atoms with Gasteiger partial charge in [0, 0.05) is 17.6 Å². The Morgan fingerprint density at radius 1 is 1.32 bits per heavy atom. The topological polar surface area (TPSA) is 41.5 Å². The van der Waals surface area contributed by atoms with Gasteiger partial charge in [0.25, 0.3) is 0 Å². The Balaban J connectivity index is 0.00000242. The van der Waals surface area contributed by atoms with Crippen molar-refractivity contribution in [3.8, 4) is 0 Å². The number of halogens is 2. The SMILES string of the molecule is CC(NCC(O)COC1CCCCC1)c1cccc(Cl)c1.Cl. The van der Waals surface area contributed by atoms with Crippen LogP contribution in [-0.4, -0.2) is 30.5 Å². The number of hydrogen-bond acceptors (Lipinski definition) is 3. The van der Waals surface area contributed by atoms with Crippen LogP contribution in [-0.2, 0) is 4.74 Å². The summed E-state index contributed by atoms with van der Waals surface area (Å²) < 4.78 is 5.79. The van der Waals surface area contributed by atoms with Gasteiger partial charge in [-0.1, -0.05) is 43.0 Å². The Morgan fingerprint density at radius 2 is 2.05 bits per heavy atom. The third-order valence-electron chi connectivity index (χ3n) is 4.08. The third-order valence-corrected chi connectivity index (χ3v) is 4.32. The summed E-state index contributed by atoms with van der Waals surface area (Å²) in [5.74, 6) is 0. The summed E-state index contributed by atoms with van der Waals surface area (Å²) in [5.41, 5.74) is 1.13. The molecule has 1 aliphatic carbocycles. The van der Waals surface area contributed by atoms with Crippen molar-refractivity contribution in [1.29, 1.82) is 0 Å². The predicted molar refractivity (Wildman–Crippen MR) is 93.9 cm³/mol. The molecule has 2 atom stereocenters. The molecule has 2 unspecified atom stereocenters. The van der Waals surface area contributed by atoms with E-state index in [-0.39, 0.29) is 18.4 Å². The molecule has 22 heavy (non-hydrogen) atoms. The molecule has 2 N–H and O–H groups in total. The first-order valence-electron chi connectivity index (χ1n) is 7.93. The summed E-state index contributed by atoms with van der Waals surface area (Å²) in [4.78, 5) is 0. The number of benzene rings is 1. The number of aliphatic hydroxyl groups is 1. The molecule has 126 valence electrons. The number of rotatable bonds is 7. The monoisotopic (exact) mass is 347 g/mol. The number of aliphatic hydroxyl groups excluding tert-OH is 1.